The SMILES string of the molecule is CN(CCc1cnn(C)c1)C(=O)c1cn(C[C@@H]2COc3ccccc3O2)nn1. The van der Waals surface area contributed by atoms with Crippen LogP contribution in [0.3, 0.4) is 0 Å². The number of aryl methyl sites for hydroxylation is 1. The zero-order valence-corrected chi connectivity index (χ0v) is 15.9. The van der Waals surface area contributed by atoms with Crippen molar-refractivity contribution >= 4 is 5.91 Å². The number of benzene rings is 1. The van der Waals surface area contributed by atoms with Crippen LogP contribution in [0.4, 0.5) is 0 Å². The molecule has 1 amide bonds. The third-order valence-electron chi connectivity index (χ3n) is 4.56. The molecule has 0 unspecified atom stereocenters. The first kappa shape index (κ1) is 18.0. The van der Waals surface area contributed by atoms with Gasteiger partial charge in [0, 0.05) is 26.8 Å². The summed E-state index contributed by atoms with van der Waals surface area (Å²) in [5.41, 5.74) is 1.39. The van der Waals surface area contributed by atoms with E-state index in [0.29, 0.717) is 31.1 Å². The molecule has 9 nitrogen and oxygen atoms in total. The Morgan fingerprint density at radius 2 is 2.11 bits per heavy atom. The molecule has 0 bridgehead atoms. The van der Waals surface area contributed by atoms with E-state index in [-0.39, 0.29) is 12.0 Å². The van der Waals surface area contributed by atoms with E-state index in [2.05, 4.69) is 15.4 Å². The fourth-order valence-electron chi connectivity index (χ4n) is 3.04. The van der Waals surface area contributed by atoms with Crippen LogP contribution in [0.2, 0.25) is 0 Å². The van der Waals surface area contributed by atoms with Gasteiger partial charge in [0.25, 0.3) is 5.91 Å². The normalized spacial score (nSPS) is 15.4. The number of carbonyl (C=O) groups is 1. The van der Waals surface area contributed by atoms with Gasteiger partial charge in [0.2, 0.25) is 0 Å². The van der Waals surface area contributed by atoms with Crippen molar-refractivity contribution in [3.63, 3.8) is 0 Å². The average Bonchev–Trinajstić information content (AvgIpc) is 3.34. The summed E-state index contributed by atoms with van der Waals surface area (Å²) in [5, 5.41) is 12.2. The summed E-state index contributed by atoms with van der Waals surface area (Å²) in [4.78, 5) is 14.2. The lowest BCUT2D eigenvalue weighted by atomic mass is 10.2. The van der Waals surface area contributed by atoms with Crippen molar-refractivity contribution in [2.45, 2.75) is 19.1 Å². The van der Waals surface area contributed by atoms with E-state index in [4.69, 9.17) is 9.47 Å². The number of ether oxygens (including phenoxy) is 2. The van der Waals surface area contributed by atoms with Gasteiger partial charge in [0.05, 0.1) is 18.9 Å². The van der Waals surface area contributed by atoms with E-state index >= 15 is 0 Å². The Bertz CT molecular complexity index is 966. The van der Waals surface area contributed by atoms with E-state index in [9.17, 15) is 4.79 Å². The van der Waals surface area contributed by atoms with Crippen LogP contribution >= 0.6 is 0 Å². The summed E-state index contributed by atoms with van der Waals surface area (Å²) in [6, 6.07) is 7.55. The first-order valence-electron chi connectivity index (χ1n) is 9.10. The minimum Gasteiger partial charge on any atom is -0.486 e. The van der Waals surface area contributed by atoms with Gasteiger partial charge in [-0.2, -0.15) is 5.10 Å². The largest absolute Gasteiger partial charge is 0.486 e. The fourth-order valence-corrected chi connectivity index (χ4v) is 3.04. The molecule has 3 heterocycles. The predicted octanol–water partition coefficient (Wildman–Crippen LogP) is 1.17. The van der Waals surface area contributed by atoms with Crippen LogP contribution in [0, 0.1) is 0 Å². The van der Waals surface area contributed by atoms with Gasteiger partial charge in [0.1, 0.15) is 6.61 Å². The molecule has 0 radical (unpaired) electrons. The summed E-state index contributed by atoms with van der Waals surface area (Å²) >= 11 is 0. The third kappa shape index (κ3) is 3.98. The van der Waals surface area contributed by atoms with Crippen LogP contribution in [-0.4, -0.2) is 61.9 Å². The number of carbonyl (C=O) groups excluding carboxylic acids is 1. The van der Waals surface area contributed by atoms with Crippen molar-refractivity contribution in [3.8, 4) is 11.5 Å². The van der Waals surface area contributed by atoms with Gasteiger partial charge in [-0.3, -0.25) is 9.48 Å². The highest BCUT2D eigenvalue weighted by Crippen LogP contribution is 2.31. The summed E-state index contributed by atoms with van der Waals surface area (Å²) < 4.78 is 15.0. The molecule has 0 spiro atoms. The van der Waals surface area contributed by atoms with E-state index < -0.39 is 0 Å². The molecule has 2 aromatic heterocycles. The van der Waals surface area contributed by atoms with E-state index in [0.717, 1.165) is 17.7 Å². The zero-order chi connectivity index (χ0) is 19.5. The molecule has 0 saturated carbocycles. The molecular weight excluding hydrogens is 360 g/mol. The van der Waals surface area contributed by atoms with Crippen LogP contribution in [0.15, 0.2) is 42.9 Å². The highest BCUT2D eigenvalue weighted by atomic mass is 16.6. The maximum absolute atomic E-state index is 12.6. The third-order valence-corrected chi connectivity index (χ3v) is 4.56. The number of fused-ring (bicyclic) bond motifs is 1. The number of likely N-dealkylation sites (N-methyl/N-ethyl adjacent to an activating group) is 1. The molecule has 0 fully saturated rings. The van der Waals surface area contributed by atoms with Crippen molar-refractivity contribution in [2.24, 2.45) is 7.05 Å². The zero-order valence-electron chi connectivity index (χ0n) is 15.9. The monoisotopic (exact) mass is 382 g/mol. The van der Waals surface area contributed by atoms with Crippen LogP contribution in [0.5, 0.6) is 11.5 Å². The molecule has 4 rings (SSSR count). The van der Waals surface area contributed by atoms with Gasteiger partial charge < -0.3 is 14.4 Å². The highest BCUT2D eigenvalue weighted by Gasteiger charge is 2.22. The number of hydrogen-bond acceptors (Lipinski definition) is 6. The first-order valence-corrected chi connectivity index (χ1v) is 9.10. The van der Waals surface area contributed by atoms with Gasteiger partial charge in [-0.25, -0.2) is 4.68 Å². The Kier molecular flexibility index (Phi) is 4.96. The molecule has 9 heteroatoms. The van der Waals surface area contributed by atoms with Crippen molar-refractivity contribution in [3.05, 3.63) is 54.1 Å². The number of rotatable bonds is 6. The Morgan fingerprint density at radius 3 is 2.89 bits per heavy atom. The van der Waals surface area contributed by atoms with Crippen LogP contribution < -0.4 is 9.47 Å². The maximum atomic E-state index is 12.6. The number of hydrogen-bond donors (Lipinski definition) is 0. The maximum Gasteiger partial charge on any atom is 0.275 e. The van der Waals surface area contributed by atoms with Crippen molar-refractivity contribution in [1.82, 2.24) is 29.7 Å². The average molecular weight is 382 g/mol. The summed E-state index contributed by atoms with van der Waals surface area (Å²) in [5.74, 6) is 1.29. The molecule has 0 N–H and O–H groups in total. The number of para-hydroxylation sites is 2. The topological polar surface area (TPSA) is 87.3 Å². The van der Waals surface area contributed by atoms with Crippen molar-refractivity contribution < 1.29 is 14.3 Å². The lowest BCUT2D eigenvalue weighted by Crippen LogP contribution is -2.33. The van der Waals surface area contributed by atoms with Crippen LogP contribution in [0.1, 0.15) is 16.1 Å². The van der Waals surface area contributed by atoms with Crippen LogP contribution in [0.25, 0.3) is 0 Å². The Hall–Kier alpha value is -3.36. The summed E-state index contributed by atoms with van der Waals surface area (Å²) in [6.45, 7) is 1.45. The lowest BCUT2D eigenvalue weighted by molar-refractivity contribution is 0.0753. The van der Waals surface area contributed by atoms with Crippen molar-refractivity contribution in [1.29, 1.82) is 0 Å². The number of nitrogens with zero attached hydrogens (tertiary/aromatic N) is 6. The summed E-state index contributed by atoms with van der Waals surface area (Å²) in [7, 11) is 3.63. The molecule has 1 aromatic carbocycles. The second-order valence-electron chi connectivity index (χ2n) is 6.82. The van der Waals surface area contributed by atoms with Crippen molar-refractivity contribution in [2.75, 3.05) is 20.2 Å². The second kappa shape index (κ2) is 7.71. The minimum absolute atomic E-state index is 0.165. The first-order chi connectivity index (χ1) is 13.6. The molecule has 1 aliphatic heterocycles. The van der Waals surface area contributed by atoms with Gasteiger partial charge >= 0.3 is 0 Å². The Morgan fingerprint density at radius 1 is 1.29 bits per heavy atom. The molecule has 0 aliphatic carbocycles. The second-order valence-corrected chi connectivity index (χ2v) is 6.82. The number of amides is 1. The van der Waals surface area contributed by atoms with Crippen LogP contribution in [-0.2, 0) is 20.0 Å². The standard InChI is InChI=1S/C19H22N6O3/c1-23(8-7-14-9-20-24(2)10-14)19(26)16-12-25(22-21-16)11-15-13-27-17-5-3-4-6-18(17)28-15/h3-6,9-10,12,15H,7-8,11,13H2,1-2H3/t15-/m1/s1. The summed E-state index contributed by atoms with van der Waals surface area (Å²) in [6.07, 6.45) is 5.93. The smallest absolute Gasteiger partial charge is 0.275 e. The molecule has 28 heavy (non-hydrogen) atoms. The van der Waals surface area contributed by atoms with Gasteiger partial charge in [-0.15, -0.1) is 5.10 Å². The predicted molar refractivity (Wildman–Crippen MR) is 100 cm³/mol. The quantitative estimate of drug-likeness (QED) is 0.636. The highest BCUT2D eigenvalue weighted by molar-refractivity contribution is 5.91. The Labute approximate surface area is 162 Å². The molecule has 0 saturated heterocycles. The number of aromatic nitrogens is 5. The van der Waals surface area contributed by atoms with Gasteiger partial charge in [-0.1, -0.05) is 17.3 Å². The molecule has 146 valence electrons. The van der Waals surface area contributed by atoms with E-state index in [1.807, 2.05) is 37.5 Å². The van der Waals surface area contributed by atoms with E-state index in [1.165, 1.54) is 0 Å². The minimum atomic E-state index is -0.192. The molecule has 3 aromatic rings. The lowest BCUT2D eigenvalue weighted by Gasteiger charge is -2.26. The Balaban J connectivity index is 1.33. The van der Waals surface area contributed by atoms with Gasteiger partial charge in [-0.05, 0) is 24.1 Å². The fraction of sp³-hybridized carbons (Fsp3) is 0.368. The molecule has 1 atom stereocenters. The molecule has 1 aliphatic rings. The van der Waals surface area contributed by atoms with E-state index in [1.54, 1.807) is 33.7 Å². The van der Waals surface area contributed by atoms with Gasteiger partial charge in [0.15, 0.2) is 23.3 Å². The molecular formula is C19H22N6O3.